The molecule has 30 heavy (non-hydrogen) atoms. The molecule has 0 aliphatic rings. The van der Waals surface area contributed by atoms with Gasteiger partial charge in [0.1, 0.15) is 11.3 Å². The highest BCUT2D eigenvalue weighted by molar-refractivity contribution is 7.22. The SMILES string of the molecule is CCc1ccc(CC(=O)N(Cc2ccccn2)c2nc3c(OC)cccc3s2)cc1. The second kappa shape index (κ2) is 9.05. The first kappa shape index (κ1) is 20.0. The van der Waals surface area contributed by atoms with E-state index >= 15 is 0 Å². The Balaban J connectivity index is 1.67. The van der Waals surface area contributed by atoms with E-state index < -0.39 is 0 Å². The van der Waals surface area contributed by atoms with Gasteiger partial charge in [0, 0.05) is 6.20 Å². The van der Waals surface area contributed by atoms with Crippen molar-refractivity contribution in [3.8, 4) is 5.75 Å². The van der Waals surface area contributed by atoms with Gasteiger partial charge in [-0.25, -0.2) is 4.98 Å². The molecule has 0 unspecified atom stereocenters. The number of methoxy groups -OCH3 is 1. The zero-order chi connectivity index (χ0) is 20.9. The van der Waals surface area contributed by atoms with Gasteiger partial charge in [0.05, 0.1) is 30.5 Å². The van der Waals surface area contributed by atoms with E-state index in [1.807, 2.05) is 48.5 Å². The van der Waals surface area contributed by atoms with Crippen molar-refractivity contribution in [2.75, 3.05) is 12.0 Å². The van der Waals surface area contributed by atoms with E-state index in [1.165, 1.54) is 16.9 Å². The Kier molecular flexibility index (Phi) is 6.05. The molecule has 1 amide bonds. The van der Waals surface area contributed by atoms with E-state index in [1.54, 1.807) is 18.2 Å². The van der Waals surface area contributed by atoms with Gasteiger partial charge in [0.15, 0.2) is 5.13 Å². The van der Waals surface area contributed by atoms with Crippen LogP contribution in [0.15, 0.2) is 66.9 Å². The molecular formula is C24H23N3O2S. The number of carbonyl (C=O) groups excluding carboxylic acids is 1. The smallest absolute Gasteiger partial charge is 0.233 e. The molecule has 0 aliphatic heterocycles. The summed E-state index contributed by atoms with van der Waals surface area (Å²) in [6, 6.07) is 19.7. The maximum atomic E-state index is 13.3. The summed E-state index contributed by atoms with van der Waals surface area (Å²) in [4.78, 5) is 24.2. The molecule has 0 spiro atoms. The Bertz CT molecular complexity index is 1140. The molecule has 0 saturated heterocycles. The Morgan fingerprint density at radius 3 is 2.53 bits per heavy atom. The van der Waals surface area contributed by atoms with Gasteiger partial charge < -0.3 is 4.74 Å². The molecule has 6 heteroatoms. The fourth-order valence-corrected chi connectivity index (χ4v) is 4.27. The molecular weight excluding hydrogens is 394 g/mol. The number of ether oxygens (including phenoxy) is 1. The summed E-state index contributed by atoms with van der Waals surface area (Å²) in [5.41, 5.74) is 3.83. The summed E-state index contributed by atoms with van der Waals surface area (Å²) in [6.45, 7) is 2.49. The Labute approximate surface area is 180 Å². The summed E-state index contributed by atoms with van der Waals surface area (Å²) in [6.07, 6.45) is 3.03. The second-order valence-corrected chi connectivity index (χ2v) is 7.96. The summed E-state index contributed by atoms with van der Waals surface area (Å²) < 4.78 is 6.43. The number of aryl methyl sites for hydroxylation is 1. The van der Waals surface area contributed by atoms with Crippen molar-refractivity contribution in [2.24, 2.45) is 0 Å². The number of anilines is 1. The minimum absolute atomic E-state index is 0.0112. The molecule has 2 aromatic carbocycles. The van der Waals surface area contributed by atoms with Crippen molar-refractivity contribution < 1.29 is 9.53 Å². The first-order valence-corrected chi connectivity index (χ1v) is 10.7. The number of rotatable bonds is 7. The summed E-state index contributed by atoms with van der Waals surface area (Å²) in [5.74, 6) is 0.693. The van der Waals surface area contributed by atoms with Crippen LogP contribution in [0.5, 0.6) is 5.75 Å². The van der Waals surface area contributed by atoms with Gasteiger partial charge in [-0.15, -0.1) is 0 Å². The van der Waals surface area contributed by atoms with E-state index in [4.69, 9.17) is 9.72 Å². The minimum atomic E-state index is -0.0112. The lowest BCUT2D eigenvalue weighted by Gasteiger charge is -2.19. The lowest BCUT2D eigenvalue weighted by Crippen LogP contribution is -2.32. The van der Waals surface area contributed by atoms with Crippen LogP contribution in [0.3, 0.4) is 0 Å². The molecule has 2 aromatic heterocycles. The minimum Gasteiger partial charge on any atom is -0.494 e. The van der Waals surface area contributed by atoms with Crippen LogP contribution in [0.2, 0.25) is 0 Å². The lowest BCUT2D eigenvalue weighted by molar-refractivity contribution is -0.118. The van der Waals surface area contributed by atoms with E-state index in [9.17, 15) is 4.79 Å². The highest BCUT2D eigenvalue weighted by Crippen LogP contribution is 2.34. The maximum absolute atomic E-state index is 13.3. The van der Waals surface area contributed by atoms with Crippen LogP contribution in [0, 0.1) is 0 Å². The average molecular weight is 418 g/mol. The molecule has 0 aliphatic carbocycles. The molecule has 4 aromatic rings. The van der Waals surface area contributed by atoms with E-state index in [-0.39, 0.29) is 5.91 Å². The predicted octanol–water partition coefficient (Wildman–Crippen LogP) is 5.04. The maximum Gasteiger partial charge on any atom is 0.233 e. The number of para-hydroxylation sites is 1. The standard InChI is InChI=1S/C24H23N3O2S/c1-3-17-10-12-18(13-11-17)15-22(28)27(16-19-7-4-5-14-25-19)24-26-23-20(29-2)8-6-9-21(23)30-24/h4-14H,3,15-16H2,1-2H3. The molecule has 0 bridgehead atoms. The molecule has 0 N–H and O–H groups in total. The first-order valence-electron chi connectivity index (χ1n) is 9.89. The number of aromatic nitrogens is 2. The zero-order valence-corrected chi connectivity index (χ0v) is 17.9. The number of fused-ring (bicyclic) bond motifs is 1. The van der Waals surface area contributed by atoms with E-state index in [0.29, 0.717) is 23.8 Å². The van der Waals surface area contributed by atoms with Crippen LogP contribution in [0.25, 0.3) is 10.2 Å². The highest BCUT2D eigenvalue weighted by atomic mass is 32.1. The van der Waals surface area contributed by atoms with Crippen LogP contribution in [-0.2, 0) is 24.2 Å². The molecule has 5 nitrogen and oxygen atoms in total. The lowest BCUT2D eigenvalue weighted by atomic mass is 10.1. The van der Waals surface area contributed by atoms with Gasteiger partial charge in [-0.05, 0) is 41.8 Å². The number of thiazole rings is 1. The second-order valence-electron chi connectivity index (χ2n) is 6.95. The monoisotopic (exact) mass is 417 g/mol. The zero-order valence-electron chi connectivity index (χ0n) is 17.0. The molecule has 0 atom stereocenters. The van der Waals surface area contributed by atoms with Crippen LogP contribution in [0.1, 0.15) is 23.7 Å². The van der Waals surface area contributed by atoms with Crippen molar-refractivity contribution >= 4 is 32.6 Å². The van der Waals surface area contributed by atoms with Crippen LogP contribution >= 0.6 is 11.3 Å². The molecule has 0 fully saturated rings. The first-order chi connectivity index (χ1) is 14.7. The Morgan fingerprint density at radius 1 is 1.03 bits per heavy atom. The van der Waals surface area contributed by atoms with Crippen LogP contribution < -0.4 is 9.64 Å². The number of pyridine rings is 1. The summed E-state index contributed by atoms with van der Waals surface area (Å²) in [7, 11) is 1.63. The third kappa shape index (κ3) is 4.33. The molecule has 2 heterocycles. The molecule has 152 valence electrons. The van der Waals surface area contributed by atoms with Gasteiger partial charge in [-0.3, -0.25) is 14.7 Å². The van der Waals surface area contributed by atoms with Crippen molar-refractivity contribution in [1.29, 1.82) is 0 Å². The van der Waals surface area contributed by atoms with E-state index in [2.05, 4.69) is 24.0 Å². The molecule has 0 radical (unpaired) electrons. The number of amides is 1. The van der Waals surface area contributed by atoms with Gasteiger partial charge >= 0.3 is 0 Å². The number of nitrogens with zero attached hydrogens (tertiary/aromatic N) is 3. The third-order valence-corrected chi connectivity index (χ3v) is 6.00. The summed E-state index contributed by atoms with van der Waals surface area (Å²) in [5, 5.41) is 0.648. The van der Waals surface area contributed by atoms with Crippen molar-refractivity contribution in [1.82, 2.24) is 9.97 Å². The fourth-order valence-electron chi connectivity index (χ4n) is 3.27. The quantitative estimate of drug-likeness (QED) is 0.423. The topological polar surface area (TPSA) is 55.3 Å². The normalized spacial score (nSPS) is 10.9. The largest absolute Gasteiger partial charge is 0.494 e. The van der Waals surface area contributed by atoms with Crippen LogP contribution in [0.4, 0.5) is 5.13 Å². The molecule has 0 saturated carbocycles. The van der Waals surface area contributed by atoms with Gasteiger partial charge in [0.25, 0.3) is 0 Å². The van der Waals surface area contributed by atoms with E-state index in [0.717, 1.165) is 27.9 Å². The number of hydrogen-bond acceptors (Lipinski definition) is 5. The average Bonchev–Trinajstić information content (AvgIpc) is 3.22. The van der Waals surface area contributed by atoms with Crippen molar-refractivity contribution in [3.63, 3.8) is 0 Å². The van der Waals surface area contributed by atoms with Crippen molar-refractivity contribution in [2.45, 2.75) is 26.3 Å². The third-order valence-electron chi connectivity index (χ3n) is 4.96. The number of carbonyl (C=O) groups is 1. The summed E-state index contributed by atoms with van der Waals surface area (Å²) >= 11 is 1.49. The van der Waals surface area contributed by atoms with Crippen molar-refractivity contribution in [3.05, 3.63) is 83.7 Å². The van der Waals surface area contributed by atoms with Gasteiger partial charge in [0.2, 0.25) is 5.91 Å². The Hall–Kier alpha value is -3.25. The van der Waals surface area contributed by atoms with Crippen LogP contribution in [-0.4, -0.2) is 23.0 Å². The Morgan fingerprint density at radius 2 is 1.83 bits per heavy atom. The number of benzene rings is 2. The predicted molar refractivity (Wildman–Crippen MR) is 121 cm³/mol. The van der Waals surface area contributed by atoms with Gasteiger partial charge in [-0.1, -0.05) is 54.7 Å². The molecule has 4 rings (SSSR count). The fraction of sp³-hybridized carbons (Fsp3) is 0.208. The highest BCUT2D eigenvalue weighted by Gasteiger charge is 2.22. The van der Waals surface area contributed by atoms with Gasteiger partial charge in [-0.2, -0.15) is 0 Å². The number of hydrogen-bond donors (Lipinski definition) is 0.